The highest BCUT2D eigenvalue weighted by Gasteiger charge is 2.08. The maximum absolute atomic E-state index is 5.83. The molecule has 1 aromatic heterocycles. The van der Waals surface area contributed by atoms with Crippen LogP contribution in [0.25, 0.3) is 0 Å². The van der Waals surface area contributed by atoms with Crippen molar-refractivity contribution in [2.45, 2.75) is 20.3 Å². The molecule has 0 amide bonds. The van der Waals surface area contributed by atoms with Crippen molar-refractivity contribution >= 4 is 33.3 Å². The first-order chi connectivity index (χ1) is 6.69. The summed E-state index contributed by atoms with van der Waals surface area (Å²) in [6.07, 6.45) is 2.80. The molecule has 0 aliphatic heterocycles. The number of anilines is 1. The first-order valence-electron chi connectivity index (χ1n) is 4.75. The number of pyridine rings is 1. The van der Waals surface area contributed by atoms with Gasteiger partial charge in [0, 0.05) is 19.3 Å². The van der Waals surface area contributed by atoms with E-state index in [0.29, 0.717) is 5.02 Å². The Kier molecular flexibility index (Phi) is 4.69. The van der Waals surface area contributed by atoms with E-state index in [9.17, 15) is 0 Å². The van der Waals surface area contributed by atoms with Crippen molar-refractivity contribution in [1.29, 1.82) is 0 Å². The summed E-state index contributed by atoms with van der Waals surface area (Å²) in [6, 6.07) is 1.88. The smallest absolute Gasteiger partial charge is 0.142 e. The summed E-state index contributed by atoms with van der Waals surface area (Å²) in [5.41, 5.74) is 0. The van der Waals surface area contributed by atoms with E-state index in [2.05, 4.69) is 39.7 Å². The summed E-state index contributed by atoms with van der Waals surface area (Å²) >= 11 is 9.30. The van der Waals surface area contributed by atoms with E-state index >= 15 is 0 Å². The standard InChI is InChI=1S/C10H14BrClN2/c1-3-5-14(4-2)10-9(11)6-8(12)7-13-10/h6-7H,3-5H2,1-2H3. The highest BCUT2D eigenvalue weighted by Crippen LogP contribution is 2.26. The summed E-state index contributed by atoms with van der Waals surface area (Å²) < 4.78 is 0.959. The van der Waals surface area contributed by atoms with E-state index in [-0.39, 0.29) is 0 Å². The minimum Gasteiger partial charge on any atom is -0.356 e. The van der Waals surface area contributed by atoms with Crippen molar-refractivity contribution in [1.82, 2.24) is 4.98 Å². The molecular formula is C10H14BrClN2. The Balaban J connectivity index is 2.92. The molecule has 0 N–H and O–H groups in total. The lowest BCUT2D eigenvalue weighted by molar-refractivity contribution is 0.776. The van der Waals surface area contributed by atoms with Crippen molar-refractivity contribution in [2.24, 2.45) is 0 Å². The molecule has 0 aromatic carbocycles. The van der Waals surface area contributed by atoms with Crippen molar-refractivity contribution in [2.75, 3.05) is 18.0 Å². The van der Waals surface area contributed by atoms with E-state index in [1.165, 1.54) is 0 Å². The SMILES string of the molecule is CCCN(CC)c1ncc(Cl)cc1Br. The van der Waals surface area contributed by atoms with Crippen LogP contribution in [0.5, 0.6) is 0 Å². The molecule has 0 aliphatic rings. The summed E-state index contributed by atoms with van der Waals surface area (Å²) in [5, 5.41) is 0.660. The third kappa shape index (κ3) is 2.85. The van der Waals surface area contributed by atoms with Gasteiger partial charge in [-0.05, 0) is 35.3 Å². The van der Waals surface area contributed by atoms with Gasteiger partial charge in [0.25, 0.3) is 0 Å². The average molecular weight is 278 g/mol. The molecule has 0 spiro atoms. The summed E-state index contributed by atoms with van der Waals surface area (Å²) in [4.78, 5) is 6.54. The number of rotatable bonds is 4. The van der Waals surface area contributed by atoms with Gasteiger partial charge >= 0.3 is 0 Å². The van der Waals surface area contributed by atoms with Crippen molar-refractivity contribution in [3.63, 3.8) is 0 Å². The third-order valence-corrected chi connectivity index (χ3v) is 2.75. The van der Waals surface area contributed by atoms with Crippen LogP contribution in [0.3, 0.4) is 0 Å². The van der Waals surface area contributed by atoms with E-state index in [1.807, 2.05) is 6.07 Å². The second kappa shape index (κ2) is 5.56. The van der Waals surface area contributed by atoms with Gasteiger partial charge in [-0.1, -0.05) is 18.5 Å². The van der Waals surface area contributed by atoms with Gasteiger partial charge < -0.3 is 4.90 Å². The quantitative estimate of drug-likeness (QED) is 0.833. The van der Waals surface area contributed by atoms with Gasteiger partial charge in [-0.3, -0.25) is 0 Å². The molecule has 1 heterocycles. The Morgan fingerprint density at radius 2 is 2.21 bits per heavy atom. The van der Waals surface area contributed by atoms with Crippen LogP contribution in [0.1, 0.15) is 20.3 Å². The summed E-state index contributed by atoms with van der Waals surface area (Å²) in [7, 11) is 0. The summed E-state index contributed by atoms with van der Waals surface area (Å²) in [6.45, 7) is 6.26. The molecule has 0 radical (unpaired) electrons. The van der Waals surface area contributed by atoms with Gasteiger partial charge in [-0.25, -0.2) is 4.98 Å². The molecule has 0 bridgehead atoms. The van der Waals surface area contributed by atoms with E-state index in [1.54, 1.807) is 6.20 Å². The van der Waals surface area contributed by atoms with Crippen molar-refractivity contribution < 1.29 is 0 Å². The van der Waals surface area contributed by atoms with Gasteiger partial charge in [0.05, 0.1) is 9.50 Å². The lowest BCUT2D eigenvalue weighted by Gasteiger charge is -2.22. The fraction of sp³-hybridized carbons (Fsp3) is 0.500. The van der Waals surface area contributed by atoms with Crippen LogP contribution >= 0.6 is 27.5 Å². The van der Waals surface area contributed by atoms with Crippen LogP contribution in [0, 0.1) is 0 Å². The molecule has 78 valence electrons. The minimum atomic E-state index is 0.660. The Labute approximate surface area is 98.4 Å². The Morgan fingerprint density at radius 3 is 2.71 bits per heavy atom. The van der Waals surface area contributed by atoms with Crippen LogP contribution in [-0.2, 0) is 0 Å². The van der Waals surface area contributed by atoms with Crippen LogP contribution < -0.4 is 4.90 Å². The highest BCUT2D eigenvalue weighted by molar-refractivity contribution is 9.10. The molecule has 0 aliphatic carbocycles. The molecule has 1 aromatic rings. The second-order valence-corrected chi connectivity index (χ2v) is 4.33. The first kappa shape index (κ1) is 11.8. The van der Waals surface area contributed by atoms with E-state index in [0.717, 1.165) is 29.8 Å². The van der Waals surface area contributed by atoms with Gasteiger partial charge in [-0.15, -0.1) is 0 Å². The Morgan fingerprint density at radius 1 is 1.50 bits per heavy atom. The summed E-state index contributed by atoms with van der Waals surface area (Å²) in [5.74, 6) is 0.971. The molecule has 4 heteroatoms. The topological polar surface area (TPSA) is 16.1 Å². The molecule has 1 rings (SSSR count). The predicted octanol–water partition coefficient (Wildman–Crippen LogP) is 3.73. The fourth-order valence-corrected chi connectivity index (χ4v) is 2.21. The maximum atomic E-state index is 5.83. The van der Waals surface area contributed by atoms with E-state index in [4.69, 9.17) is 11.6 Å². The molecular weight excluding hydrogens is 263 g/mol. The number of halogens is 2. The van der Waals surface area contributed by atoms with Crippen molar-refractivity contribution in [3.05, 3.63) is 21.8 Å². The number of hydrogen-bond donors (Lipinski definition) is 0. The molecule has 0 unspecified atom stereocenters. The lowest BCUT2D eigenvalue weighted by Crippen LogP contribution is -2.24. The van der Waals surface area contributed by atoms with Crippen LogP contribution in [0.2, 0.25) is 5.02 Å². The van der Waals surface area contributed by atoms with Gasteiger partial charge in [0.15, 0.2) is 0 Å². The Bertz CT molecular complexity index is 304. The van der Waals surface area contributed by atoms with Gasteiger partial charge in [-0.2, -0.15) is 0 Å². The van der Waals surface area contributed by atoms with Gasteiger partial charge in [0.2, 0.25) is 0 Å². The molecule has 14 heavy (non-hydrogen) atoms. The number of hydrogen-bond acceptors (Lipinski definition) is 2. The Hall–Kier alpha value is -0.280. The van der Waals surface area contributed by atoms with Crippen LogP contribution in [-0.4, -0.2) is 18.1 Å². The van der Waals surface area contributed by atoms with Crippen molar-refractivity contribution in [3.8, 4) is 0 Å². The van der Waals surface area contributed by atoms with E-state index < -0.39 is 0 Å². The predicted molar refractivity (Wildman–Crippen MR) is 65.1 cm³/mol. The normalized spacial score (nSPS) is 10.3. The van der Waals surface area contributed by atoms with Gasteiger partial charge in [0.1, 0.15) is 5.82 Å². The van der Waals surface area contributed by atoms with Crippen LogP contribution in [0.15, 0.2) is 16.7 Å². The maximum Gasteiger partial charge on any atom is 0.142 e. The zero-order chi connectivity index (χ0) is 10.6. The molecule has 0 atom stereocenters. The fourth-order valence-electron chi connectivity index (χ4n) is 1.32. The molecule has 0 fully saturated rings. The highest BCUT2D eigenvalue weighted by atomic mass is 79.9. The third-order valence-electron chi connectivity index (χ3n) is 1.96. The zero-order valence-corrected chi connectivity index (χ0v) is 10.8. The lowest BCUT2D eigenvalue weighted by atomic mass is 10.3. The number of nitrogens with zero attached hydrogens (tertiary/aromatic N) is 2. The molecule has 0 saturated heterocycles. The van der Waals surface area contributed by atoms with Crippen LogP contribution in [0.4, 0.5) is 5.82 Å². The number of aromatic nitrogens is 1. The largest absolute Gasteiger partial charge is 0.356 e. The average Bonchev–Trinajstić information content (AvgIpc) is 2.15. The zero-order valence-electron chi connectivity index (χ0n) is 8.43. The molecule has 0 saturated carbocycles. The monoisotopic (exact) mass is 276 g/mol. The first-order valence-corrected chi connectivity index (χ1v) is 5.92. The second-order valence-electron chi connectivity index (χ2n) is 3.04. The minimum absolute atomic E-state index is 0.660. The molecule has 2 nitrogen and oxygen atoms in total.